The van der Waals surface area contributed by atoms with E-state index >= 15 is 0 Å². The average molecular weight is 320 g/mol. The summed E-state index contributed by atoms with van der Waals surface area (Å²) >= 11 is 0. The Hall–Kier alpha value is -3.01. The number of hydrogen-bond donors (Lipinski definition) is 1. The zero-order chi connectivity index (χ0) is 16.8. The van der Waals surface area contributed by atoms with Gasteiger partial charge in [0.25, 0.3) is 0 Å². The normalized spacial score (nSPS) is 11.7. The molecule has 0 spiro atoms. The van der Waals surface area contributed by atoms with E-state index in [9.17, 15) is 9.18 Å². The van der Waals surface area contributed by atoms with Gasteiger partial charge in [-0.2, -0.15) is 0 Å². The molecule has 1 N–H and O–H groups in total. The lowest BCUT2D eigenvalue weighted by atomic mass is 9.93. The lowest BCUT2D eigenvalue weighted by molar-refractivity contribution is -0.117. The number of carbonyl (C=O) groups is 1. The van der Waals surface area contributed by atoms with Gasteiger partial charge in [0.2, 0.25) is 5.91 Å². The fourth-order valence-electron chi connectivity index (χ4n) is 2.57. The van der Waals surface area contributed by atoms with Crippen LogP contribution < -0.4 is 5.32 Å². The standard InChI is InChI=1S/C20H17FN2O/c21-16-9-6-11-18(13-16)23-20(24)19(15-7-2-1-3-8-15)14-17-10-4-5-12-22-17/h1-13,19H,14H2,(H,23,24). The first-order chi connectivity index (χ1) is 11.7. The lowest BCUT2D eigenvalue weighted by Gasteiger charge is -2.17. The van der Waals surface area contributed by atoms with Crippen molar-refractivity contribution < 1.29 is 9.18 Å². The van der Waals surface area contributed by atoms with Crippen molar-refractivity contribution in [2.45, 2.75) is 12.3 Å². The molecule has 24 heavy (non-hydrogen) atoms. The van der Waals surface area contributed by atoms with Gasteiger partial charge in [-0.15, -0.1) is 0 Å². The minimum absolute atomic E-state index is 0.183. The Labute approximate surface area is 140 Å². The summed E-state index contributed by atoms with van der Waals surface area (Å²) in [5.74, 6) is -0.962. The lowest BCUT2D eigenvalue weighted by Crippen LogP contribution is -2.23. The summed E-state index contributed by atoms with van der Waals surface area (Å²) in [5.41, 5.74) is 2.18. The van der Waals surface area contributed by atoms with E-state index in [2.05, 4.69) is 10.3 Å². The fraction of sp³-hybridized carbons (Fsp3) is 0.100. The Morgan fingerprint density at radius 1 is 1.00 bits per heavy atom. The Morgan fingerprint density at radius 3 is 2.50 bits per heavy atom. The highest BCUT2D eigenvalue weighted by molar-refractivity contribution is 5.96. The second-order valence-electron chi connectivity index (χ2n) is 5.49. The van der Waals surface area contributed by atoms with E-state index in [1.54, 1.807) is 18.3 Å². The Balaban J connectivity index is 1.85. The molecule has 0 radical (unpaired) electrons. The molecule has 0 aliphatic carbocycles. The van der Waals surface area contributed by atoms with E-state index in [1.165, 1.54) is 12.1 Å². The smallest absolute Gasteiger partial charge is 0.232 e. The third-order valence-electron chi connectivity index (χ3n) is 3.75. The predicted molar refractivity (Wildman–Crippen MR) is 92.2 cm³/mol. The third kappa shape index (κ3) is 4.04. The first kappa shape index (κ1) is 15.9. The van der Waals surface area contributed by atoms with Crippen molar-refractivity contribution in [2.75, 3.05) is 5.32 Å². The minimum Gasteiger partial charge on any atom is -0.325 e. The molecule has 0 fully saturated rings. The van der Waals surface area contributed by atoms with Crippen molar-refractivity contribution in [3.8, 4) is 0 Å². The molecule has 0 aliphatic heterocycles. The van der Waals surface area contributed by atoms with Gasteiger partial charge in [-0.1, -0.05) is 42.5 Å². The van der Waals surface area contributed by atoms with Crippen molar-refractivity contribution >= 4 is 11.6 Å². The molecule has 4 heteroatoms. The van der Waals surface area contributed by atoms with Crippen LogP contribution in [0.5, 0.6) is 0 Å². The van der Waals surface area contributed by atoms with Crippen LogP contribution in [0.1, 0.15) is 17.2 Å². The van der Waals surface area contributed by atoms with Gasteiger partial charge >= 0.3 is 0 Å². The number of anilines is 1. The summed E-state index contributed by atoms with van der Waals surface area (Å²) < 4.78 is 13.3. The highest BCUT2D eigenvalue weighted by atomic mass is 19.1. The molecule has 3 nitrogen and oxygen atoms in total. The molecule has 0 saturated heterocycles. The monoisotopic (exact) mass is 320 g/mol. The summed E-state index contributed by atoms with van der Waals surface area (Å²) in [4.78, 5) is 17.1. The van der Waals surface area contributed by atoms with E-state index in [-0.39, 0.29) is 11.7 Å². The van der Waals surface area contributed by atoms with Gasteiger partial charge < -0.3 is 5.32 Å². The van der Waals surface area contributed by atoms with Crippen LogP contribution in [0.25, 0.3) is 0 Å². The average Bonchev–Trinajstić information content (AvgIpc) is 2.61. The van der Waals surface area contributed by atoms with E-state index in [0.717, 1.165) is 11.3 Å². The molecule has 0 bridgehead atoms. The van der Waals surface area contributed by atoms with Crippen LogP contribution in [-0.2, 0) is 11.2 Å². The van der Waals surface area contributed by atoms with Crippen molar-refractivity contribution in [1.82, 2.24) is 4.98 Å². The quantitative estimate of drug-likeness (QED) is 0.766. The van der Waals surface area contributed by atoms with Gasteiger partial charge in [0.1, 0.15) is 5.82 Å². The second kappa shape index (κ2) is 7.51. The van der Waals surface area contributed by atoms with Crippen molar-refractivity contribution in [1.29, 1.82) is 0 Å². The summed E-state index contributed by atoms with van der Waals surface area (Å²) in [6.45, 7) is 0. The number of nitrogens with zero attached hydrogens (tertiary/aromatic N) is 1. The maximum Gasteiger partial charge on any atom is 0.232 e. The van der Waals surface area contributed by atoms with Crippen LogP contribution in [-0.4, -0.2) is 10.9 Å². The molecule has 1 heterocycles. The van der Waals surface area contributed by atoms with E-state index < -0.39 is 5.92 Å². The van der Waals surface area contributed by atoms with Crippen LogP contribution in [0.3, 0.4) is 0 Å². The van der Waals surface area contributed by atoms with Crippen molar-refractivity contribution in [3.63, 3.8) is 0 Å². The largest absolute Gasteiger partial charge is 0.325 e. The Morgan fingerprint density at radius 2 is 1.79 bits per heavy atom. The SMILES string of the molecule is O=C(Nc1cccc(F)c1)C(Cc1ccccn1)c1ccccc1. The van der Waals surface area contributed by atoms with Crippen molar-refractivity contribution in [3.05, 3.63) is 96.1 Å². The fourth-order valence-corrected chi connectivity index (χ4v) is 2.57. The summed E-state index contributed by atoms with van der Waals surface area (Å²) in [6, 6.07) is 21.1. The van der Waals surface area contributed by atoms with E-state index in [1.807, 2.05) is 48.5 Å². The number of nitrogens with one attached hydrogen (secondary N) is 1. The van der Waals surface area contributed by atoms with E-state index in [0.29, 0.717) is 12.1 Å². The number of pyridine rings is 1. The molecule has 1 aromatic heterocycles. The first-order valence-corrected chi connectivity index (χ1v) is 7.73. The molecule has 120 valence electrons. The van der Waals surface area contributed by atoms with E-state index in [4.69, 9.17) is 0 Å². The molecule has 1 unspecified atom stereocenters. The first-order valence-electron chi connectivity index (χ1n) is 7.73. The molecule has 0 aliphatic rings. The van der Waals surface area contributed by atoms with Gasteiger partial charge in [-0.05, 0) is 35.9 Å². The maximum absolute atomic E-state index is 13.3. The molecule has 1 atom stereocenters. The summed E-state index contributed by atoms with van der Waals surface area (Å²) in [5, 5.41) is 2.79. The maximum atomic E-state index is 13.3. The van der Waals surface area contributed by atoms with Gasteiger partial charge in [0.05, 0.1) is 5.92 Å². The molecule has 3 rings (SSSR count). The second-order valence-corrected chi connectivity index (χ2v) is 5.49. The number of aromatic nitrogens is 1. The summed E-state index contributed by atoms with van der Waals surface area (Å²) in [7, 11) is 0. The highest BCUT2D eigenvalue weighted by Crippen LogP contribution is 2.22. The van der Waals surface area contributed by atoms with Crippen LogP contribution >= 0.6 is 0 Å². The molecule has 2 aromatic carbocycles. The van der Waals surface area contributed by atoms with Crippen LogP contribution in [0.15, 0.2) is 79.0 Å². The van der Waals surface area contributed by atoms with Gasteiger partial charge in [-0.25, -0.2) is 4.39 Å². The zero-order valence-electron chi connectivity index (χ0n) is 13.0. The van der Waals surface area contributed by atoms with Crippen LogP contribution in [0.4, 0.5) is 10.1 Å². The number of carbonyl (C=O) groups excluding carboxylic acids is 1. The van der Waals surface area contributed by atoms with Gasteiger partial charge in [0.15, 0.2) is 0 Å². The highest BCUT2D eigenvalue weighted by Gasteiger charge is 2.21. The number of benzene rings is 2. The zero-order valence-corrected chi connectivity index (χ0v) is 13.0. The molecule has 3 aromatic rings. The Kier molecular flexibility index (Phi) is 4.96. The Bertz CT molecular complexity index is 806. The third-order valence-corrected chi connectivity index (χ3v) is 3.75. The predicted octanol–water partition coefficient (Wildman–Crippen LogP) is 4.19. The van der Waals surface area contributed by atoms with Gasteiger partial charge in [0, 0.05) is 24.0 Å². The molecular weight excluding hydrogens is 303 g/mol. The number of rotatable bonds is 5. The topological polar surface area (TPSA) is 42.0 Å². The number of hydrogen-bond acceptors (Lipinski definition) is 2. The van der Waals surface area contributed by atoms with Crippen LogP contribution in [0.2, 0.25) is 0 Å². The van der Waals surface area contributed by atoms with Crippen molar-refractivity contribution in [2.24, 2.45) is 0 Å². The molecule has 1 amide bonds. The number of amides is 1. The molecule has 0 saturated carbocycles. The molecular formula is C20H17FN2O. The summed E-state index contributed by atoms with van der Waals surface area (Å²) in [6.07, 6.45) is 2.19. The minimum atomic E-state index is -0.399. The van der Waals surface area contributed by atoms with Gasteiger partial charge in [-0.3, -0.25) is 9.78 Å². The van der Waals surface area contributed by atoms with Crippen LogP contribution in [0, 0.1) is 5.82 Å². The number of halogens is 1.